The zero-order valence-corrected chi connectivity index (χ0v) is 15.2. The Morgan fingerprint density at radius 2 is 1.64 bits per heavy atom. The molecule has 3 heterocycles. The van der Waals surface area contributed by atoms with E-state index in [1.807, 2.05) is 48.5 Å². The van der Waals surface area contributed by atoms with Crippen LogP contribution < -0.4 is 4.74 Å². The molecule has 0 saturated carbocycles. The Morgan fingerprint density at radius 3 is 2.50 bits per heavy atom. The van der Waals surface area contributed by atoms with Crippen LogP contribution >= 0.6 is 0 Å². The Labute approximate surface area is 160 Å². The number of hydrogen-bond acceptors (Lipinski definition) is 3. The molecule has 0 aliphatic rings. The van der Waals surface area contributed by atoms with Crippen molar-refractivity contribution in [2.45, 2.75) is 0 Å². The smallest absolute Gasteiger partial charge is 0.182 e. The monoisotopic (exact) mass is 364 g/mol. The summed E-state index contributed by atoms with van der Waals surface area (Å²) in [7, 11) is 1.68. The predicted molar refractivity (Wildman–Crippen MR) is 112 cm³/mol. The molecule has 6 rings (SSSR count). The predicted octanol–water partition coefficient (Wildman–Crippen LogP) is 6.06. The van der Waals surface area contributed by atoms with Crippen molar-refractivity contribution in [2.75, 3.05) is 7.11 Å². The Morgan fingerprint density at radius 1 is 0.857 bits per heavy atom. The minimum Gasteiger partial charge on any atom is -0.497 e. The van der Waals surface area contributed by atoms with E-state index in [1.165, 1.54) is 0 Å². The van der Waals surface area contributed by atoms with Crippen molar-refractivity contribution in [1.82, 2.24) is 9.38 Å². The maximum atomic E-state index is 6.22. The molecule has 134 valence electrons. The Kier molecular flexibility index (Phi) is 3.06. The molecule has 0 radical (unpaired) electrons. The molecule has 0 spiro atoms. The molecule has 0 unspecified atom stereocenters. The maximum Gasteiger partial charge on any atom is 0.182 e. The van der Waals surface area contributed by atoms with E-state index in [-0.39, 0.29) is 0 Å². The van der Waals surface area contributed by atoms with E-state index < -0.39 is 0 Å². The van der Waals surface area contributed by atoms with Gasteiger partial charge in [0.05, 0.1) is 23.8 Å². The maximum absolute atomic E-state index is 6.22. The average molecular weight is 364 g/mol. The van der Waals surface area contributed by atoms with Crippen LogP contribution in [0, 0.1) is 0 Å². The summed E-state index contributed by atoms with van der Waals surface area (Å²) in [5, 5.41) is 2.17. The van der Waals surface area contributed by atoms with Crippen LogP contribution in [-0.4, -0.2) is 16.5 Å². The molecule has 3 aromatic carbocycles. The highest BCUT2D eigenvalue weighted by molar-refractivity contribution is 6.11. The van der Waals surface area contributed by atoms with Gasteiger partial charge in [0, 0.05) is 10.8 Å². The highest BCUT2D eigenvalue weighted by Gasteiger charge is 2.18. The van der Waals surface area contributed by atoms with E-state index in [0.29, 0.717) is 0 Å². The molecule has 0 atom stereocenters. The van der Waals surface area contributed by atoms with Gasteiger partial charge in [-0.25, -0.2) is 4.98 Å². The Hall–Kier alpha value is -3.79. The van der Waals surface area contributed by atoms with Crippen LogP contribution in [0.1, 0.15) is 0 Å². The van der Waals surface area contributed by atoms with Gasteiger partial charge in [0.1, 0.15) is 11.3 Å². The van der Waals surface area contributed by atoms with Crippen LogP contribution in [0.4, 0.5) is 0 Å². The Bertz CT molecular complexity index is 1490. The van der Waals surface area contributed by atoms with Gasteiger partial charge in [-0.3, -0.25) is 4.40 Å². The average Bonchev–Trinajstić information content (AvgIpc) is 3.32. The highest BCUT2D eigenvalue weighted by atomic mass is 16.5. The van der Waals surface area contributed by atoms with Crippen LogP contribution in [0.2, 0.25) is 0 Å². The number of hydrogen-bond donors (Lipinski definition) is 0. The summed E-state index contributed by atoms with van der Waals surface area (Å²) in [5.74, 6) is 0.838. The fourth-order valence-electron chi connectivity index (χ4n) is 3.97. The number of aromatic nitrogens is 2. The van der Waals surface area contributed by atoms with E-state index in [2.05, 4.69) is 34.7 Å². The second-order valence-electron chi connectivity index (χ2n) is 6.86. The number of fused-ring (bicyclic) bond motifs is 7. The number of methoxy groups -OCH3 is 1. The molecular weight excluding hydrogens is 348 g/mol. The molecule has 0 bridgehead atoms. The molecule has 4 heteroatoms. The van der Waals surface area contributed by atoms with Gasteiger partial charge in [0.25, 0.3) is 0 Å². The van der Waals surface area contributed by atoms with Gasteiger partial charge >= 0.3 is 0 Å². The quantitative estimate of drug-likeness (QED) is 0.375. The van der Waals surface area contributed by atoms with Crippen molar-refractivity contribution in [1.29, 1.82) is 0 Å². The SMILES string of the molecule is COc1ccc(-c2cc3c4ccccc4oc3c3nc4ccccc4n23)cc1. The van der Waals surface area contributed by atoms with Gasteiger partial charge < -0.3 is 9.15 Å². The minimum atomic E-state index is 0.815. The molecular formula is C24H16N2O2. The van der Waals surface area contributed by atoms with Crippen molar-refractivity contribution in [2.24, 2.45) is 0 Å². The number of benzene rings is 3. The van der Waals surface area contributed by atoms with E-state index in [0.717, 1.165) is 55.6 Å². The number of rotatable bonds is 2. The summed E-state index contributed by atoms with van der Waals surface area (Å²) in [5.41, 5.74) is 6.70. The molecule has 0 fully saturated rings. The van der Waals surface area contributed by atoms with Gasteiger partial charge in [-0.1, -0.05) is 30.3 Å². The highest BCUT2D eigenvalue weighted by Crippen LogP contribution is 2.37. The van der Waals surface area contributed by atoms with Gasteiger partial charge in [0.2, 0.25) is 0 Å². The van der Waals surface area contributed by atoms with E-state index >= 15 is 0 Å². The third-order valence-electron chi connectivity index (χ3n) is 5.31. The number of imidazole rings is 1. The normalized spacial score (nSPS) is 11.8. The first-order valence-corrected chi connectivity index (χ1v) is 9.19. The lowest BCUT2D eigenvalue weighted by atomic mass is 10.1. The third-order valence-corrected chi connectivity index (χ3v) is 5.31. The zero-order valence-electron chi connectivity index (χ0n) is 15.2. The Balaban J connectivity index is 1.82. The fourth-order valence-corrected chi connectivity index (χ4v) is 3.97. The summed E-state index contributed by atoms with van der Waals surface area (Å²) in [6.45, 7) is 0. The topological polar surface area (TPSA) is 39.7 Å². The van der Waals surface area contributed by atoms with Crippen molar-refractivity contribution in [3.63, 3.8) is 0 Å². The summed E-state index contributed by atoms with van der Waals surface area (Å²) < 4.78 is 13.7. The van der Waals surface area contributed by atoms with E-state index in [4.69, 9.17) is 14.1 Å². The number of para-hydroxylation sites is 3. The third kappa shape index (κ3) is 2.03. The molecule has 28 heavy (non-hydrogen) atoms. The first kappa shape index (κ1) is 15.3. The molecule has 6 aromatic rings. The van der Waals surface area contributed by atoms with Gasteiger partial charge in [0.15, 0.2) is 11.2 Å². The van der Waals surface area contributed by atoms with Crippen molar-refractivity contribution in [3.8, 4) is 17.0 Å². The van der Waals surface area contributed by atoms with Gasteiger partial charge in [-0.2, -0.15) is 0 Å². The second-order valence-corrected chi connectivity index (χ2v) is 6.86. The first-order chi connectivity index (χ1) is 13.8. The van der Waals surface area contributed by atoms with Crippen LogP contribution in [0.3, 0.4) is 0 Å². The zero-order chi connectivity index (χ0) is 18.7. The summed E-state index contributed by atoms with van der Waals surface area (Å²) >= 11 is 0. The molecule has 4 nitrogen and oxygen atoms in total. The van der Waals surface area contributed by atoms with Crippen LogP contribution in [0.15, 0.2) is 83.3 Å². The molecule has 0 N–H and O–H groups in total. The van der Waals surface area contributed by atoms with Crippen LogP contribution in [-0.2, 0) is 0 Å². The van der Waals surface area contributed by atoms with Crippen LogP contribution in [0.5, 0.6) is 5.75 Å². The van der Waals surface area contributed by atoms with Crippen molar-refractivity contribution < 1.29 is 9.15 Å². The molecule has 0 amide bonds. The minimum absolute atomic E-state index is 0.815. The number of nitrogens with zero attached hydrogens (tertiary/aromatic N) is 2. The van der Waals surface area contributed by atoms with E-state index in [1.54, 1.807) is 7.11 Å². The summed E-state index contributed by atoms with van der Waals surface area (Å²) in [6.07, 6.45) is 0. The van der Waals surface area contributed by atoms with Crippen molar-refractivity contribution >= 4 is 38.6 Å². The lowest BCUT2D eigenvalue weighted by molar-refractivity contribution is 0.415. The lowest BCUT2D eigenvalue weighted by Gasteiger charge is -2.09. The summed E-state index contributed by atoms with van der Waals surface area (Å²) in [6, 6.07) is 26.6. The molecule has 0 aliphatic carbocycles. The standard InChI is InChI=1S/C24H16N2O2/c1-27-16-12-10-15(11-13-16)21-14-18-17-6-2-5-9-22(17)28-23(18)24-25-19-7-3-4-8-20(19)26(21)24/h2-14H,1H3. The lowest BCUT2D eigenvalue weighted by Crippen LogP contribution is -1.93. The number of furan rings is 1. The number of pyridine rings is 1. The largest absolute Gasteiger partial charge is 0.497 e. The molecule has 3 aromatic heterocycles. The number of ether oxygens (including phenoxy) is 1. The molecule has 0 saturated heterocycles. The van der Waals surface area contributed by atoms with Gasteiger partial charge in [-0.05, 0) is 54.1 Å². The first-order valence-electron chi connectivity index (χ1n) is 9.19. The molecule has 0 aliphatic heterocycles. The fraction of sp³-hybridized carbons (Fsp3) is 0.0417. The second kappa shape index (κ2) is 5.60. The summed E-state index contributed by atoms with van der Waals surface area (Å²) in [4.78, 5) is 4.90. The van der Waals surface area contributed by atoms with Crippen LogP contribution in [0.25, 0.3) is 49.9 Å². The van der Waals surface area contributed by atoms with Gasteiger partial charge in [-0.15, -0.1) is 0 Å². The van der Waals surface area contributed by atoms with E-state index in [9.17, 15) is 0 Å². The van der Waals surface area contributed by atoms with Crippen molar-refractivity contribution in [3.05, 3.63) is 78.9 Å².